The Bertz CT molecular complexity index is 493. The third-order valence-corrected chi connectivity index (χ3v) is 9.52. The third kappa shape index (κ3) is 7.64. The van der Waals surface area contributed by atoms with Crippen molar-refractivity contribution in [3.63, 3.8) is 0 Å². The fraction of sp³-hybridized carbons (Fsp3) is 0.600. The van der Waals surface area contributed by atoms with E-state index in [2.05, 4.69) is 82.0 Å². The molecule has 2 rings (SSSR count). The van der Waals surface area contributed by atoms with Crippen LogP contribution in [0.3, 0.4) is 0 Å². The normalized spacial score (nSPS) is 29.7. The molecule has 0 heterocycles. The first-order chi connectivity index (χ1) is 10.3. The molecule has 0 saturated heterocycles. The quantitative estimate of drug-likeness (QED) is 0.238. The Kier molecular flexibility index (Phi) is 17.5. The van der Waals surface area contributed by atoms with Crippen molar-refractivity contribution in [1.29, 1.82) is 0 Å². The average molecular weight is 524 g/mol. The van der Waals surface area contributed by atoms with E-state index < -0.39 is 7.26 Å². The van der Waals surface area contributed by atoms with Crippen LogP contribution in [-0.4, -0.2) is 19.0 Å². The molecule has 0 aliphatic heterocycles. The monoisotopic (exact) mass is 521 g/mol. The van der Waals surface area contributed by atoms with Gasteiger partial charge in [0.2, 0.25) is 0 Å². The first-order valence-corrected chi connectivity index (χ1v) is 12.0. The molecular weight excluding hydrogens is 475 g/mol. The molecule has 4 atom stereocenters. The van der Waals surface area contributed by atoms with Gasteiger partial charge in [0.1, 0.15) is 0 Å². The van der Waals surface area contributed by atoms with Gasteiger partial charge in [0.05, 0.1) is 0 Å². The summed E-state index contributed by atoms with van der Waals surface area (Å²) in [6, 6.07) is 0. The van der Waals surface area contributed by atoms with Crippen LogP contribution in [0.4, 0.5) is 0 Å². The van der Waals surface area contributed by atoms with Gasteiger partial charge in [-0.05, 0) is 79.2 Å². The van der Waals surface area contributed by atoms with Crippen LogP contribution in [0.15, 0.2) is 34.4 Å². The van der Waals surface area contributed by atoms with Gasteiger partial charge in [-0.1, -0.05) is 34.3 Å². The molecule has 0 nitrogen and oxygen atoms in total. The maximum Gasteiger partial charge on any atom is 0.0481 e. The summed E-state index contributed by atoms with van der Waals surface area (Å²) >= 11 is 0. The topological polar surface area (TPSA) is 0 Å². The molecule has 0 amide bonds. The zero-order chi connectivity index (χ0) is 18.3. The summed E-state index contributed by atoms with van der Waals surface area (Å²) in [7, 11) is -0.900. The van der Waals surface area contributed by atoms with Crippen LogP contribution in [-0.2, 0) is 0 Å². The maximum absolute atomic E-state index is 4.43. The van der Waals surface area contributed by atoms with Crippen molar-refractivity contribution in [2.24, 2.45) is 23.7 Å². The van der Waals surface area contributed by atoms with Crippen molar-refractivity contribution in [1.82, 2.24) is 0 Å². The van der Waals surface area contributed by atoms with E-state index in [9.17, 15) is 0 Å². The third-order valence-electron chi connectivity index (χ3n) is 6.97. The summed E-state index contributed by atoms with van der Waals surface area (Å²) < 4.78 is 0. The van der Waals surface area contributed by atoms with E-state index in [1.807, 2.05) is 0 Å². The van der Waals surface area contributed by atoms with Crippen molar-refractivity contribution in [2.75, 3.05) is 13.3 Å². The number of hydrogen-bond donors (Lipinski definition) is 0. The molecule has 0 radical (unpaired) electrons. The molecule has 1 fully saturated rings. The van der Waals surface area contributed by atoms with E-state index in [1.54, 1.807) is 0 Å². The molecule has 2 aliphatic rings. The second kappa shape index (κ2) is 13.3. The van der Waals surface area contributed by atoms with Gasteiger partial charge >= 0.3 is 0 Å². The van der Waals surface area contributed by atoms with Crippen LogP contribution in [0.25, 0.3) is 0 Å². The summed E-state index contributed by atoms with van der Waals surface area (Å²) in [6.45, 7) is 31.5. The van der Waals surface area contributed by atoms with Crippen molar-refractivity contribution < 1.29 is 40.8 Å². The number of allylic oxidation sites excluding steroid dienone is 5. The van der Waals surface area contributed by atoms with E-state index in [4.69, 9.17) is 0 Å². The molecule has 0 bridgehead atoms. The molecule has 0 N–H and O–H groups in total. The molecular formula is C25H48NdP-3. The van der Waals surface area contributed by atoms with Crippen LogP contribution in [0.1, 0.15) is 55.4 Å². The molecule has 0 aromatic rings. The SMILES string of the molecule is C=C1C(C)=C(C)C(C)=C1C.[CH2-][P+](C)(C)C1C(C)C(C)C(C)C1C.[CH3-].[CH3-].[CH3-].[Nd]. The zero-order valence-corrected chi connectivity index (χ0v) is 24.9. The van der Waals surface area contributed by atoms with Gasteiger partial charge in [-0.3, -0.25) is 0 Å². The minimum Gasteiger partial charge on any atom is -0.358 e. The predicted octanol–water partition coefficient (Wildman–Crippen LogP) is 8.56. The van der Waals surface area contributed by atoms with Crippen molar-refractivity contribution in [2.45, 2.75) is 61.0 Å². The van der Waals surface area contributed by atoms with E-state index in [0.29, 0.717) is 0 Å². The van der Waals surface area contributed by atoms with Crippen LogP contribution < -0.4 is 0 Å². The molecule has 160 valence electrons. The number of rotatable bonds is 1. The Morgan fingerprint density at radius 1 is 0.667 bits per heavy atom. The van der Waals surface area contributed by atoms with Crippen LogP contribution in [0.5, 0.6) is 0 Å². The average Bonchev–Trinajstić information content (AvgIpc) is 2.75. The Morgan fingerprint density at radius 3 is 1.04 bits per heavy atom. The molecule has 1 saturated carbocycles. The second-order valence-corrected chi connectivity index (χ2v) is 12.8. The first-order valence-electron chi connectivity index (χ1n) is 9.05. The largest absolute Gasteiger partial charge is 0.358 e. The summed E-state index contributed by atoms with van der Waals surface area (Å²) in [4.78, 5) is 0. The van der Waals surface area contributed by atoms with E-state index in [0.717, 1.165) is 29.3 Å². The fourth-order valence-electron chi connectivity index (χ4n) is 4.63. The summed E-state index contributed by atoms with van der Waals surface area (Å²) in [6.07, 6.45) is 0. The van der Waals surface area contributed by atoms with Crippen LogP contribution in [0, 0.1) is 93.5 Å². The van der Waals surface area contributed by atoms with Gasteiger partial charge in [-0.15, -0.1) is 7.26 Å². The zero-order valence-electron chi connectivity index (χ0n) is 20.7. The van der Waals surface area contributed by atoms with Gasteiger partial charge in [-0.25, -0.2) is 0 Å². The molecule has 2 aliphatic carbocycles. The Hall–Kier alpha value is 1.00. The van der Waals surface area contributed by atoms with Gasteiger partial charge in [0.15, 0.2) is 0 Å². The van der Waals surface area contributed by atoms with Crippen LogP contribution >= 0.6 is 7.26 Å². The minimum absolute atomic E-state index is 0. The molecule has 2 heteroatoms. The molecule has 0 aromatic carbocycles. The minimum atomic E-state index is -0.900. The molecule has 27 heavy (non-hydrogen) atoms. The molecule has 4 unspecified atom stereocenters. The molecule has 0 aromatic heterocycles. The maximum atomic E-state index is 4.43. The Morgan fingerprint density at radius 2 is 0.926 bits per heavy atom. The van der Waals surface area contributed by atoms with E-state index >= 15 is 0 Å². The predicted molar refractivity (Wildman–Crippen MR) is 130 cm³/mol. The van der Waals surface area contributed by atoms with Crippen molar-refractivity contribution in [3.8, 4) is 0 Å². The van der Waals surface area contributed by atoms with Gasteiger partial charge in [0, 0.05) is 59.8 Å². The fourth-order valence-corrected chi connectivity index (χ4v) is 7.72. The van der Waals surface area contributed by atoms with Crippen LogP contribution in [0.2, 0.25) is 0 Å². The standard InChI is InChI=1S/C12H25P.C10H14.3CH3.Nd/c1-8-9(2)11(4)12(10(8)3)13(5,6)7;1-6-7(2)9(4)10(5)8(6)3;;;;/h8-12H,5H2,1-4,6-7H3;1H2,2-5H3;3*1H3;/q;;3*-1;. The Labute approximate surface area is 208 Å². The summed E-state index contributed by atoms with van der Waals surface area (Å²) in [5, 5.41) is 0. The Balaban J connectivity index is -0.000000174. The summed E-state index contributed by atoms with van der Waals surface area (Å²) in [5.41, 5.74) is 7.64. The van der Waals surface area contributed by atoms with E-state index in [-0.39, 0.29) is 63.1 Å². The van der Waals surface area contributed by atoms with Gasteiger partial charge in [-0.2, -0.15) is 6.66 Å². The second-order valence-electron chi connectivity index (χ2n) is 8.68. The van der Waals surface area contributed by atoms with Gasteiger partial charge in [0.25, 0.3) is 0 Å². The van der Waals surface area contributed by atoms with Gasteiger partial charge < -0.3 is 22.3 Å². The smallest absolute Gasteiger partial charge is 0.0481 e. The first kappa shape index (κ1) is 35.4. The van der Waals surface area contributed by atoms with Crippen molar-refractivity contribution in [3.05, 3.63) is 63.4 Å². The summed E-state index contributed by atoms with van der Waals surface area (Å²) in [5.74, 6) is 3.54. The number of hydrogen-bond acceptors (Lipinski definition) is 0. The van der Waals surface area contributed by atoms with E-state index in [1.165, 1.54) is 27.9 Å². The van der Waals surface area contributed by atoms with Crippen molar-refractivity contribution >= 4 is 7.26 Å². The molecule has 0 spiro atoms.